The van der Waals surface area contributed by atoms with E-state index in [1.165, 1.54) is 0 Å². The Morgan fingerprint density at radius 3 is 2.81 bits per heavy atom. The van der Waals surface area contributed by atoms with Crippen LogP contribution in [0.2, 0.25) is 0 Å². The molecule has 0 aliphatic rings. The van der Waals surface area contributed by atoms with Crippen LogP contribution in [0.5, 0.6) is 0 Å². The minimum absolute atomic E-state index is 0.189. The highest BCUT2D eigenvalue weighted by Gasteiger charge is 2.07. The highest BCUT2D eigenvalue weighted by atomic mass is 16.3. The highest BCUT2D eigenvalue weighted by molar-refractivity contribution is 5.77. The van der Waals surface area contributed by atoms with Crippen molar-refractivity contribution in [2.45, 2.75) is 19.5 Å². The van der Waals surface area contributed by atoms with Gasteiger partial charge in [-0.1, -0.05) is 18.2 Å². The van der Waals surface area contributed by atoms with Crippen LogP contribution >= 0.6 is 0 Å². The Bertz CT molecular complexity index is 429. The smallest absolute Gasteiger partial charge is 0.134 e. The van der Waals surface area contributed by atoms with E-state index in [4.69, 9.17) is 10.2 Å². The first-order chi connectivity index (χ1) is 7.65. The van der Waals surface area contributed by atoms with Gasteiger partial charge in [0.1, 0.15) is 11.3 Å². The van der Waals surface area contributed by atoms with Crippen LogP contribution in [0.1, 0.15) is 12.7 Å². The van der Waals surface area contributed by atoms with Crippen molar-refractivity contribution in [1.29, 1.82) is 0 Å². The van der Waals surface area contributed by atoms with Crippen LogP contribution in [0.25, 0.3) is 11.0 Å². The number of benzene rings is 1. The molecule has 16 heavy (non-hydrogen) atoms. The molecule has 0 spiro atoms. The molecule has 1 atom stereocenters. The van der Waals surface area contributed by atoms with E-state index in [1.807, 2.05) is 25.1 Å². The third kappa shape index (κ3) is 2.62. The molecule has 1 aromatic carbocycles. The minimum atomic E-state index is 0.189. The zero-order chi connectivity index (χ0) is 11.5. The summed E-state index contributed by atoms with van der Waals surface area (Å²) in [5.74, 6) is 0.990. The predicted molar refractivity (Wildman–Crippen MR) is 66.2 cm³/mol. The van der Waals surface area contributed by atoms with E-state index in [0.717, 1.165) is 29.8 Å². The first-order valence-corrected chi connectivity index (χ1v) is 5.57. The van der Waals surface area contributed by atoms with Crippen molar-refractivity contribution < 1.29 is 4.42 Å². The SMILES string of the molecule is CC(N)CN(C)Cc1cc2ccccc2o1. The fourth-order valence-corrected chi connectivity index (χ4v) is 1.94. The van der Waals surface area contributed by atoms with Crippen LogP contribution in [0, 0.1) is 0 Å². The van der Waals surface area contributed by atoms with Gasteiger partial charge in [-0.3, -0.25) is 4.90 Å². The van der Waals surface area contributed by atoms with E-state index in [1.54, 1.807) is 0 Å². The number of nitrogens with two attached hydrogens (primary N) is 1. The van der Waals surface area contributed by atoms with Gasteiger partial charge in [0.25, 0.3) is 0 Å². The largest absolute Gasteiger partial charge is 0.460 e. The lowest BCUT2D eigenvalue weighted by molar-refractivity contribution is 0.286. The molecule has 0 radical (unpaired) electrons. The number of para-hydroxylation sites is 1. The number of rotatable bonds is 4. The zero-order valence-electron chi connectivity index (χ0n) is 9.81. The molecule has 2 rings (SSSR count). The average molecular weight is 218 g/mol. The number of hydrogen-bond acceptors (Lipinski definition) is 3. The first kappa shape index (κ1) is 11.2. The average Bonchev–Trinajstić information content (AvgIpc) is 2.57. The molecule has 1 unspecified atom stereocenters. The van der Waals surface area contributed by atoms with Gasteiger partial charge in [0.2, 0.25) is 0 Å². The Labute approximate surface area is 95.8 Å². The summed E-state index contributed by atoms with van der Waals surface area (Å²) in [7, 11) is 2.05. The van der Waals surface area contributed by atoms with E-state index in [9.17, 15) is 0 Å². The maximum absolute atomic E-state index is 5.75. The third-order valence-electron chi connectivity index (χ3n) is 2.50. The van der Waals surface area contributed by atoms with Gasteiger partial charge in [0, 0.05) is 18.0 Å². The molecule has 0 bridgehead atoms. The van der Waals surface area contributed by atoms with Crippen molar-refractivity contribution in [2.24, 2.45) is 5.73 Å². The summed E-state index contributed by atoms with van der Waals surface area (Å²) in [6.07, 6.45) is 0. The summed E-state index contributed by atoms with van der Waals surface area (Å²) in [5.41, 5.74) is 6.70. The van der Waals surface area contributed by atoms with Gasteiger partial charge < -0.3 is 10.2 Å². The monoisotopic (exact) mass is 218 g/mol. The Morgan fingerprint density at radius 2 is 2.12 bits per heavy atom. The highest BCUT2D eigenvalue weighted by Crippen LogP contribution is 2.19. The van der Waals surface area contributed by atoms with Gasteiger partial charge in [-0.05, 0) is 26.1 Å². The molecule has 2 aromatic rings. The van der Waals surface area contributed by atoms with Gasteiger partial charge in [-0.25, -0.2) is 0 Å². The summed E-state index contributed by atoms with van der Waals surface area (Å²) >= 11 is 0. The molecule has 0 saturated heterocycles. The minimum Gasteiger partial charge on any atom is -0.460 e. The van der Waals surface area contributed by atoms with Crippen LogP contribution in [0.3, 0.4) is 0 Å². The predicted octanol–water partition coefficient (Wildman–Crippen LogP) is 2.21. The number of hydrogen-bond donors (Lipinski definition) is 1. The van der Waals surface area contributed by atoms with E-state index >= 15 is 0 Å². The number of nitrogens with zero attached hydrogens (tertiary/aromatic N) is 1. The summed E-state index contributed by atoms with van der Waals surface area (Å²) in [5, 5.41) is 1.16. The van der Waals surface area contributed by atoms with Crippen LogP contribution in [0.15, 0.2) is 34.7 Å². The Hall–Kier alpha value is -1.32. The summed E-state index contributed by atoms with van der Waals surface area (Å²) in [6, 6.07) is 10.3. The molecule has 1 aromatic heterocycles. The molecule has 1 heterocycles. The number of fused-ring (bicyclic) bond motifs is 1. The molecule has 86 valence electrons. The topological polar surface area (TPSA) is 42.4 Å². The standard InChI is InChI=1S/C13H18N2O/c1-10(14)8-15(2)9-12-7-11-5-3-4-6-13(11)16-12/h3-7,10H,8-9,14H2,1-2H3. The summed E-state index contributed by atoms with van der Waals surface area (Å²) < 4.78 is 5.74. The fourth-order valence-electron chi connectivity index (χ4n) is 1.94. The molecule has 3 heteroatoms. The van der Waals surface area contributed by atoms with E-state index in [-0.39, 0.29) is 6.04 Å². The van der Waals surface area contributed by atoms with Crippen LogP contribution in [0.4, 0.5) is 0 Å². The molecule has 0 aliphatic carbocycles. The van der Waals surface area contributed by atoms with E-state index < -0.39 is 0 Å². The Balaban J connectivity index is 2.09. The Morgan fingerprint density at radius 1 is 1.38 bits per heavy atom. The number of likely N-dealkylation sites (N-methyl/N-ethyl adjacent to an activating group) is 1. The van der Waals surface area contributed by atoms with Gasteiger partial charge in [-0.2, -0.15) is 0 Å². The van der Waals surface area contributed by atoms with Crippen molar-refractivity contribution >= 4 is 11.0 Å². The first-order valence-electron chi connectivity index (χ1n) is 5.57. The van der Waals surface area contributed by atoms with E-state index in [0.29, 0.717) is 0 Å². The van der Waals surface area contributed by atoms with Crippen molar-refractivity contribution in [2.75, 3.05) is 13.6 Å². The molecule has 0 aliphatic heterocycles. The van der Waals surface area contributed by atoms with Crippen molar-refractivity contribution in [1.82, 2.24) is 4.90 Å². The van der Waals surface area contributed by atoms with Crippen LogP contribution in [-0.4, -0.2) is 24.5 Å². The molecule has 0 fully saturated rings. The maximum Gasteiger partial charge on any atom is 0.134 e. The third-order valence-corrected chi connectivity index (χ3v) is 2.50. The second-order valence-electron chi connectivity index (χ2n) is 4.42. The zero-order valence-corrected chi connectivity index (χ0v) is 9.81. The normalized spacial score (nSPS) is 13.5. The van der Waals surface area contributed by atoms with Crippen LogP contribution in [-0.2, 0) is 6.54 Å². The molecular weight excluding hydrogens is 200 g/mol. The lowest BCUT2D eigenvalue weighted by Gasteiger charge is -2.16. The second kappa shape index (κ2) is 4.68. The fraction of sp³-hybridized carbons (Fsp3) is 0.385. The summed E-state index contributed by atoms with van der Waals surface area (Å²) in [6.45, 7) is 3.68. The van der Waals surface area contributed by atoms with Gasteiger partial charge in [-0.15, -0.1) is 0 Å². The lowest BCUT2D eigenvalue weighted by atomic mass is 10.2. The van der Waals surface area contributed by atoms with E-state index in [2.05, 4.69) is 24.1 Å². The van der Waals surface area contributed by atoms with Gasteiger partial charge in [0.15, 0.2) is 0 Å². The quantitative estimate of drug-likeness (QED) is 0.855. The molecule has 3 nitrogen and oxygen atoms in total. The van der Waals surface area contributed by atoms with Crippen molar-refractivity contribution in [3.8, 4) is 0 Å². The van der Waals surface area contributed by atoms with Gasteiger partial charge in [0.05, 0.1) is 6.54 Å². The molecule has 0 saturated carbocycles. The second-order valence-corrected chi connectivity index (χ2v) is 4.42. The molecular formula is C13H18N2O. The number of furan rings is 1. The maximum atomic E-state index is 5.75. The van der Waals surface area contributed by atoms with Gasteiger partial charge >= 0.3 is 0 Å². The Kier molecular flexibility index (Phi) is 3.27. The van der Waals surface area contributed by atoms with Crippen molar-refractivity contribution in [3.05, 3.63) is 36.1 Å². The van der Waals surface area contributed by atoms with Crippen molar-refractivity contribution in [3.63, 3.8) is 0 Å². The molecule has 0 amide bonds. The van der Waals surface area contributed by atoms with Crippen LogP contribution < -0.4 is 5.73 Å². The lowest BCUT2D eigenvalue weighted by Crippen LogP contribution is -2.32. The summed E-state index contributed by atoms with van der Waals surface area (Å²) in [4.78, 5) is 2.17. The molecule has 2 N–H and O–H groups in total.